The van der Waals surface area contributed by atoms with Gasteiger partial charge < -0.3 is 31.3 Å². The van der Waals surface area contributed by atoms with Crippen LogP contribution in [0.1, 0.15) is 226 Å². The lowest BCUT2D eigenvalue weighted by atomic mass is 9.68. The zero-order valence-electron chi connectivity index (χ0n) is 63.1. The number of aliphatic hydroxyl groups excluding tert-OH is 1. The van der Waals surface area contributed by atoms with Gasteiger partial charge >= 0.3 is 6.03 Å². The number of anilines is 1. The molecule has 0 radical (unpaired) electrons. The van der Waals surface area contributed by atoms with Gasteiger partial charge in [0.05, 0.1) is 45.1 Å². The van der Waals surface area contributed by atoms with Crippen LogP contribution in [0.4, 0.5) is 14.9 Å². The number of amides is 3. The van der Waals surface area contributed by atoms with Crippen LogP contribution in [0.5, 0.6) is 0 Å². The first-order chi connectivity index (χ1) is 47.8. The molecule has 6 aromatic rings. The lowest BCUT2D eigenvalue weighted by Crippen LogP contribution is -2.48. The third kappa shape index (κ3) is 26.8. The number of fused-ring (bicyclic) bond motifs is 1. The molecule has 21 nitrogen and oxygen atoms in total. The Kier molecular flexibility index (Phi) is 33.8. The number of halogens is 1. The van der Waals surface area contributed by atoms with E-state index in [0.717, 1.165) is 126 Å². The van der Waals surface area contributed by atoms with E-state index in [2.05, 4.69) is 83.5 Å². The Morgan fingerprint density at radius 2 is 1.57 bits per heavy atom. The summed E-state index contributed by atoms with van der Waals surface area (Å²) in [6.45, 7) is 35.5. The number of thiazole rings is 1. The summed E-state index contributed by atoms with van der Waals surface area (Å²) in [6.07, 6.45) is 20.3. The molecule has 0 aliphatic carbocycles. The molecule has 1 saturated heterocycles. The highest BCUT2D eigenvalue weighted by Crippen LogP contribution is 2.41. The number of aromatic nitrogens is 7. The minimum Gasteiger partial charge on any atom is -0.391 e. The highest BCUT2D eigenvalue weighted by molar-refractivity contribution is 7.13. The number of likely N-dealkylation sites (tertiary alicyclic amines) is 1. The number of aliphatic hydroxyl groups is 1. The second-order valence-corrected chi connectivity index (χ2v) is 30.6. The van der Waals surface area contributed by atoms with Gasteiger partial charge in [0.2, 0.25) is 5.91 Å². The molecule has 4 atom stereocenters. The van der Waals surface area contributed by atoms with E-state index in [-0.39, 0.29) is 54.4 Å². The molecule has 0 spiro atoms. The summed E-state index contributed by atoms with van der Waals surface area (Å²) in [6, 6.07) is 12.7. The molecule has 0 unspecified atom stereocenters. The van der Waals surface area contributed by atoms with Crippen molar-refractivity contribution in [1.29, 1.82) is 0 Å². The molecule has 101 heavy (non-hydrogen) atoms. The van der Waals surface area contributed by atoms with Crippen LogP contribution >= 0.6 is 11.3 Å². The number of unbranched alkanes of at least 4 members (excludes halogenated alkanes) is 5. The molecule has 7 rings (SSSR count). The van der Waals surface area contributed by atoms with Crippen molar-refractivity contribution in [3.8, 4) is 33.9 Å². The predicted molar refractivity (Wildman–Crippen MR) is 404 cm³/mol. The third-order valence-corrected chi connectivity index (χ3v) is 19.4. The Hall–Kier alpha value is -7.87. The molecule has 1 aliphatic heterocycles. The quantitative estimate of drug-likeness (QED) is 0.00804. The number of nitrogens with one attached hydrogen (secondary N) is 4. The Balaban J connectivity index is 0.000000287. The van der Waals surface area contributed by atoms with Gasteiger partial charge in [0.1, 0.15) is 23.2 Å². The first kappa shape index (κ1) is 83.8. The van der Waals surface area contributed by atoms with Crippen molar-refractivity contribution in [2.75, 3.05) is 38.0 Å². The molecule has 4 aromatic heterocycles. The first-order valence-corrected chi connectivity index (χ1v) is 37.1. The van der Waals surface area contributed by atoms with E-state index in [9.17, 15) is 33.5 Å². The number of aryl methyl sites for hydroxylation is 5. The Bertz CT molecular complexity index is 3750. The average molecular weight is 1410 g/mol. The number of terminal acetylenes is 1. The fourth-order valence-electron chi connectivity index (χ4n) is 12.1. The summed E-state index contributed by atoms with van der Waals surface area (Å²) >= 11 is 1.60. The summed E-state index contributed by atoms with van der Waals surface area (Å²) in [5, 5.41) is 35.5. The van der Waals surface area contributed by atoms with Crippen molar-refractivity contribution in [3.63, 3.8) is 0 Å². The fraction of sp³-hybridized carbons (Fsp3) is 0.603. The molecule has 5 N–H and O–H groups in total. The summed E-state index contributed by atoms with van der Waals surface area (Å²) in [7, 11) is 0. The lowest BCUT2D eigenvalue weighted by Gasteiger charge is -2.39. The van der Waals surface area contributed by atoms with Crippen molar-refractivity contribution >= 4 is 57.3 Å². The fourth-order valence-corrected chi connectivity index (χ4v) is 12.9. The number of hydrogen-bond acceptors (Lipinski definition) is 16. The van der Waals surface area contributed by atoms with Gasteiger partial charge in [-0.15, -0.1) is 28.8 Å². The minimum absolute atomic E-state index is 0.0485. The second kappa shape index (κ2) is 40.7. The molecule has 0 bridgehead atoms. The van der Waals surface area contributed by atoms with Gasteiger partial charge in [-0.3, -0.25) is 23.9 Å². The van der Waals surface area contributed by atoms with Crippen molar-refractivity contribution in [3.05, 3.63) is 111 Å². The second-order valence-electron chi connectivity index (χ2n) is 29.8. The van der Waals surface area contributed by atoms with Crippen molar-refractivity contribution in [1.82, 2.24) is 55.8 Å². The van der Waals surface area contributed by atoms with E-state index >= 15 is 0 Å². The van der Waals surface area contributed by atoms with E-state index in [0.29, 0.717) is 68.5 Å². The number of pyridine rings is 1. The van der Waals surface area contributed by atoms with Crippen LogP contribution in [0.3, 0.4) is 0 Å². The highest BCUT2D eigenvalue weighted by atomic mass is 32.1. The van der Waals surface area contributed by atoms with Gasteiger partial charge in [-0.1, -0.05) is 111 Å². The number of β-amino-alcohol motifs (C(OH)–C–C–N with tert-alkyl or cyclic N) is 1. The van der Waals surface area contributed by atoms with Crippen LogP contribution in [-0.2, 0) is 37.7 Å². The zero-order valence-corrected chi connectivity index (χ0v) is 63.9. The molecule has 2 aromatic carbocycles. The zero-order chi connectivity index (χ0) is 74.6. The van der Waals surface area contributed by atoms with Gasteiger partial charge in [0.15, 0.2) is 11.4 Å². The van der Waals surface area contributed by atoms with Crippen LogP contribution in [0.2, 0.25) is 0 Å². The molecule has 3 amide bonds. The van der Waals surface area contributed by atoms with Crippen LogP contribution < -0.4 is 21.3 Å². The summed E-state index contributed by atoms with van der Waals surface area (Å²) in [5.41, 5.74) is 16.7. The number of benzene rings is 2. The van der Waals surface area contributed by atoms with Gasteiger partial charge in [0.25, 0.3) is 0 Å². The molecule has 23 heteroatoms. The molecule has 1 aliphatic rings. The maximum absolute atomic E-state index is 14.6. The summed E-state index contributed by atoms with van der Waals surface area (Å²) < 4.78 is 16.5. The van der Waals surface area contributed by atoms with Crippen LogP contribution in [0.25, 0.3) is 43.0 Å². The Labute approximate surface area is 603 Å². The standard InChI is InChI=1S/C33H47N5O4S.C28H35FN6O.C17H32N4O/c1-21(23-11-13-24(14-12-23)30-22(2)35-20-43-30)16-28(40)27-17-25(39)19-38(27)31(42)26(32(3,4)5)18-33(6,7)29(41)10-8-9-15-36-37-34;1-7-9-10-11-13-32-28(5,6)26-31-17-20-15-22(19(4)33-25(20)35-26)21-16-24(23(29)14-18(21)3)34-27(36)30-12-8-2;1-14(2)17(22)10-6-8-12-21-13-16(19-20-21)9-5-7-11-18-15(3)4/h11-14,20-21,25-27,39H,8-10,15-19H2,1-7H3;1,14-17,32H,8-13H2,2-6H3,(H2,30,34,36);13-15,18H,5-12H2,1-4H3/t21-,25-,26+,27+;;/m1../s1. The number of carbonyl (C=O) groups excluding carboxylic acids is 5. The monoisotopic (exact) mass is 1410 g/mol. The number of azide groups is 1. The third-order valence-electron chi connectivity index (χ3n) is 18.4. The van der Waals surface area contributed by atoms with Gasteiger partial charge in [-0.05, 0) is 176 Å². The number of carbonyl (C=O) groups is 5. The van der Waals surface area contributed by atoms with Crippen molar-refractivity contribution in [2.24, 2.45) is 27.8 Å². The number of Topliss-reactive ketones (excluding diaryl/α,β-unsaturated/α-hetero) is 3. The van der Waals surface area contributed by atoms with Crippen LogP contribution in [-0.4, -0.2) is 125 Å². The largest absolute Gasteiger partial charge is 0.391 e. The highest BCUT2D eigenvalue weighted by Gasteiger charge is 2.46. The van der Waals surface area contributed by atoms with Gasteiger partial charge in [0, 0.05) is 116 Å². The predicted octanol–water partition coefficient (Wildman–Crippen LogP) is 15.9. The van der Waals surface area contributed by atoms with E-state index in [1.165, 1.54) is 12.5 Å². The van der Waals surface area contributed by atoms with Crippen molar-refractivity contribution < 1.29 is 33.5 Å². The smallest absolute Gasteiger partial charge is 0.319 e. The molecular weight excluding hydrogens is 1290 g/mol. The van der Waals surface area contributed by atoms with E-state index in [1.807, 2.05) is 132 Å². The van der Waals surface area contributed by atoms with Crippen LogP contribution in [0.15, 0.2) is 65.5 Å². The van der Waals surface area contributed by atoms with Crippen molar-refractivity contribution in [2.45, 2.75) is 250 Å². The lowest BCUT2D eigenvalue weighted by molar-refractivity contribution is -0.146. The maximum atomic E-state index is 14.6. The van der Waals surface area contributed by atoms with Gasteiger partial charge in [-0.2, -0.15) is 0 Å². The maximum Gasteiger partial charge on any atom is 0.319 e. The Morgan fingerprint density at radius 1 is 0.861 bits per heavy atom. The number of nitrogens with zero attached hydrogens (tertiary/aromatic N) is 11. The van der Waals surface area contributed by atoms with E-state index in [4.69, 9.17) is 21.9 Å². The van der Waals surface area contributed by atoms with E-state index < -0.39 is 46.3 Å². The van der Waals surface area contributed by atoms with Crippen LogP contribution in [0, 0.1) is 61.6 Å². The average Bonchev–Trinajstić information content (AvgIpc) is 1.63. The Morgan fingerprint density at radius 3 is 2.23 bits per heavy atom. The number of urea groups is 1. The SMILES string of the molecule is C#CCCCCNC(C)(C)c1ncc2cc(-c3cc(NC(=O)NCCC)c(F)cc3C)c(C)nc2n1.CC(C)NCCCCc1cn(CCCCC(=O)C(C)C)nn1.Cc1ncsc1-c1ccc([C@H](C)CC(=O)[C@@H]2C[C@@H](O)CN2C(=O)[C@H](CC(C)(C)C(=O)CCCCN=[N+]=[N-])C(C)(C)C)cc1. The topological polar surface area (TPSA) is 288 Å². The number of rotatable bonds is 36. The van der Waals surface area contributed by atoms with Gasteiger partial charge in [-0.25, -0.2) is 29.1 Å². The first-order valence-electron chi connectivity index (χ1n) is 36.2. The van der Waals surface area contributed by atoms with E-state index in [1.54, 1.807) is 28.5 Å². The molecule has 0 saturated carbocycles. The molecule has 5 heterocycles. The molecule has 550 valence electrons. The summed E-state index contributed by atoms with van der Waals surface area (Å²) in [4.78, 5) is 88.4. The summed E-state index contributed by atoms with van der Waals surface area (Å²) in [5.74, 6) is 2.63. The minimum atomic E-state index is -0.763. The number of ketones is 3. The molecular formula is C78H114FN15O6S. The number of hydrogen-bond donors (Lipinski definition) is 5. The molecule has 1 fully saturated rings. The normalized spacial score (nSPS) is 14.5.